The minimum Gasteiger partial charge on any atom is -0.228 e. The van der Waals surface area contributed by atoms with E-state index in [0.717, 1.165) is 0 Å². The first-order valence-corrected chi connectivity index (χ1v) is 10.4. The maximum atomic E-state index is 9.52. The average Bonchev–Trinajstić information content (AvgIpc) is 3.64. The molecular formula is C21N18. The zero-order chi connectivity index (χ0) is 27.0. The highest BCUT2D eigenvalue weighted by molar-refractivity contribution is 5.86. The topological polar surface area (TPSA) is 272 Å². The summed E-state index contributed by atoms with van der Waals surface area (Å²) in [6, 6.07) is 10.9. The van der Waals surface area contributed by atoms with E-state index in [4.69, 9.17) is 0 Å². The Hall–Kier alpha value is -7.41. The third-order valence-electron chi connectivity index (χ3n) is 5.67. The van der Waals surface area contributed by atoms with Crippen LogP contribution >= 0.6 is 0 Å². The molecule has 0 saturated heterocycles. The number of nitrogens with zero attached hydrogens (tertiary/aromatic N) is 18. The molecule has 0 aliphatic heterocycles. The standard InChI is InChI=1S/C21N18/c22-1-7-10(4-25)31-16-13(28-7)34-19-37(16)20-35-15-18(33-12(6-27)9(3-24)30-15)39(20)21-36-14-17(38(19)21)32-11(5-26)8(2-23)29-14. The molecule has 0 radical (unpaired) electrons. The van der Waals surface area contributed by atoms with Crippen molar-refractivity contribution in [1.82, 2.24) is 58.1 Å². The van der Waals surface area contributed by atoms with Crippen molar-refractivity contribution in [2.75, 3.05) is 0 Å². The van der Waals surface area contributed by atoms with E-state index in [1.54, 1.807) is 18.2 Å². The van der Waals surface area contributed by atoms with Gasteiger partial charge >= 0.3 is 0 Å². The van der Waals surface area contributed by atoms with Gasteiger partial charge in [0.15, 0.2) is 51.1 Å². The summed E-state index contributed by atoms with van der Waals surface area (Å²) in [6.45, 7) is 0. The van der Waals surface area contributed by atoms with Gasteiger partial charge in [-0.3, -0.25) is 0 Å². The van der Waals surface area contributed by atoms with Crippen LogP contribution in [0.15, 0.2) is 0 Å². The number of nitriles is 6. The van der Waals surface area contributed by atoms with Crippen LogP contribution in [0, 0.1) is 68.0 Å². The van der Waals surface area contributed by atoms with Gasteiger partial charge in [-0.1, -0.05) is 0 Å². The second kappa shape index (κ2) is 7.06. The highest BCUT2D eigenvalue weighted by Crippen LogP contribution is 2.26. The molecular weight excluding hydrogens is 504 g/mol. The van der Waals surface area contributed by atoms with Gasteiger partial charge in [0, 0.05) is 0 Å². The number of hydrogen-bond donors (Lipinski definition) is 0. The lowest BCUT2D eigenvalue weighted by atomic mass is 10.3. The fourth-order valence-electron chi connectivity index (χ4n) is 4.12. The van der Waals surface area contributed by atoms with E-state index in [2.05, 4.69) is 44.9 Å². The van der Waals surface area contributed by atoms with Crippen LogP contribution in [0.5, 0.6) is 0 Å². The smallest absolute Gasteiger partial charge is 0.228 e. The molecule has 0 fully saturated rings. The Bertz CT molecular complexity index is 2260. The number of imidazole rings is 3. The third-order valence-corrected chi connectivity index (χ3v) is 5.67. The number of aromatic nitrogens is 12. The van der Waals surface area contributed by atoms with E-state index < -0.39 is 0 Å². The highest BCUT2D eigenvalue weighted by Gasteiger charge is 2.26. The Labute approximate surface area is 211 Å². The summed E-state index contributed by atoms with van der Waals surface area (Å²) in [4.78, 5) is 38.7. The van der Waals surface area contributed by atoms with Gasteiger partial charge in [0.05, 0.1) is 0 Å². The van der Waals surface area contributed by atoms with Crippen LogP contribution in [-0.4, -0.2) is 58.1 Å². The van der Waals surface area contributed by atoms with Crippen LogP contribution < -0.4 is 0 Å². The SMILES string of the molecule is N#Cc1nc2nc3n(c2nc1C#N)c1nc2nc(C#N)c(C#N)nc2n1c1nc2nc(C#N)c(C#N)nc2n31. The maximum absolute atomic E-state index is 9.52. The van der Waals surface area contributed by atoms with Gasteiger partial charge < -0.3 is 0 Å². The summed E-state index contributed by atoms with van der Waals surface area (Å²) < 4.78 is 4.10. The molecule has 39 heavy (non-hydrogen) atoms. The number of fused-ring (bicyclic) bond motifs is 12. The van der Waals surface area contributed by atoms with Gasteiger partial charge in [0.25, 0.3) is 0 Å². The Morgan fingerprint density at radius 3 is 0.795 bits per heavy atom. The summed E-state index contributed by atoms with van der Waals surface area (Å²) in [6.07, 6.45) is 0. The zero-order valence-electron chi connectivity index (χ0n) is 18.5. The van der Waals surface area contributed by atoms with Crippen molar-refractivity contribution in [1.29, 1.82) is 31.6 Å². The first-order chi connectivity index (χ1) is 19.0. The number of hydrogen-bond acceptors (Lipinski definition) is 15. The Balaban J connectivity index is 1.84. The molecule has 0 N–H and O–H groups in total. The lowest BCUT2D eigenvalue weighted by Crippen LogP contribution is -2.06. The van der Waals surface area contributed by atoms with Crippen molar-refractivity contribution < 1.29 is 0 Å². The van der Waals surface area contributed by atoms with Crippen molar-refractivity contribution in [2.45, 2.75) is 0 Å². The van der Waals surface area contributed by atoms with Crippen molar-refractivity contribution in [3.8, 4) is 36.4 Å². The second-order valence-corrected chi connectivity index (χ2v) is 7.62. The quantitative estimate of drug-likeness (QED) is 0.256. The molecule has 0 bridgehead atoms. The van der Waals surface area contributed by atoms with Crippen LogP contribution in [0.25, 0.3) is 51.2 Å². The summed E-state index contributed by atoms with van der Waals surface area (Å²) >= 11 is 0. The monoisotopic (exact) mass is 504 g/mol. The van der Waals surface area contributed by atoms with E-state index in [9.17, 15) is 31.6 Å². The molecule has 0 atom stereocenters. The van der Waals surface area contributed by atoms with E-state index in [0.29, 0.717) is 0 Å². The fourth-order valence-corrected chi connectivity index (χ4v) is 4.12. The fraction of sp³-hybridized carbons (Fsp3) is 0. The molecule has 0 aliphatic carbocycles. The Kier molecular flexibility index (Phi) is 3.79. The first kappa shape index (κ1) is 20.9. The molecule has 7 rings (SSSR count). The van der Waals surface area contributed by atoms with E-state index in [1.165, 1.54) is 13.2 Å². The van der Waals surface area contributed by atoms with Crippen molar-refractivity contribution in [3.05, 3.63) is 34.2 Å². The molecule has 174 valence electrons. The van der Waals surface area contributed by atoms with Crippen LogP contribution in [0.3, 0.4) is 0 Å². The Morgan fingerprint density at radius 2 is 0.564 bits per heavy atom. The average molecular weight is 504 g/mol. The van der Waals surface area contributed by atoms with Gasteiger partial charge in [0.2, 0.25) is 34.3 Å². The molecule has 7 heterocycles. The third kappa shape index (κ3) is 2.47. The predicted octanol–water partition coefficient (Wildman–Crippen LogP) is -0.311. The lowest BCUT2D eigenvalue weighted by molar-refractivity contribution is 0.991. The summed E-state index contributed by atoms with van der Waals surface area (Å²) in [7, 11) is 0. The van der Waals surface area contributed by atoms with Gasteiger partial charge in [0.1, 0.15) is 36.4 Å². The summed E-state index contributed by atoms with van der Waals surface area (Å²) in [5.41, 5.74) is -1.60. The highest BCUT2D eigenvalue weighted by atomic mass is 15.4. The first-order valence-electron chi connectivity index (χ1n) is 10.4. The van der Waals surface area contributed by atoms with E-state index >= 15 is 0 Å². The summed E-state index contributed by atoms with van der Waals surface area (Å²) in [5.74, 6) is 0.148. The molecule has 0 aromatic carbocycles. The van der Waals surface area contributed by atoms with E-state index in [-0.39, 0.29) is 85.4 Å². The molecule has 0 saturated carbocycles. The predicted molar refractivity (Wildman–Crippen MR) is 120 cm³/mol. The van der Waals surface area contributed by atoms with Crippen LogP contribution in [0.4, 0.5) is 0 Å². The molecule has 7 aromatic heterocycles. The van der Waals surface area contributed by atoms with Crippen molar-refractivity contribution in [3.63, 3.8) is 0 Å². The van der Waals surface area contributed by atoms with Crippen molar-refractivity contribution >= 4 is 51.2 Å². The van der Waals surface area contributed by atoms with Crippen LogP contribution in [0.1, 0.15) is 34.2 Å². The Morgan fingerprint density at radius 1 is 0.333 bits per heavy atom. The van der Waals surface area contributed by atoms with Crippen LogP contribution in [0.2, 0.25) is 0 Å². The van der Waals surface area contributed by atoms with Gasteiger partial charge in [-0.05, 0) is 0 Å². The second-order valence-electron chi connectivity index (χ2n) is 7.62. The van der Waals surface area contributed by atoms with Crippen LogP contribution in [-0.2, 0) is 0 Å². The largest absolute Gasteiger partial charge is 0.229 e. The van der Waals surface area contributed by atoms with E-state index in [1.807, 2.05) is 18.2 Å². The molecule has 7 aromatic rings. The molecule has 0 aliphatic rings. The van der Waals surface area contributed by atoms with Gasteiger partial charge in [-0.15, -0.1) is 0 Å². The molecule has 18 nitrogen and oxygen atoms in total. The van der Waals surface area contributed by atoms with Gasteiger partial charge in [-0.25, -0.2) is 43.1 Å². The normalized spacial score (nSPS) is 10.9. The van der Waals surface area contributed by atoms with Crippen molar-refractivity contribution in [2.24, 2.45) is 0 Å². The number of rotatable bonds is 0. The molecule has 0 unspecified atom stereocenters. The minimum absolute atomic E-state index is 0.0210. The molecule has 18 heteroatoms. The van der Waals surface area contributed by atoms with Gasteiger partial charge in [-0.2, -0.15) is 46.5 Å². The lowest BCUT2D eigenvalue weighted by Gasteiger charge is -2.04. The summed E-state index contributed by atoms with van der Waals surface area (Å²) in [5, 5.41) is 56.8. The molecule has 0 spiro atoms. The maximum Gasteiger partial charge on any atom is 0.229 e. The molecule has 0 amide bonds. The zero-order valence-corrected chi connectivity index (χ0v) is 18.5. The minimum atomic E-state index is -0.267.